The Hall–Kier alpha value is -2.14. The van der Waals surface area contributed by atoms with Crippen molar-refractivity contribution in [3.8, 4) is 0 Å². The first-order chi connectivity index (χ1) is 8.22. The van der Waals surface area contributed by atoms with Gasteiger partial charge in [-0.1, -0.05) is 18.2 Å². The van der Waals surface area contributed by atoms with Crippen LogP contribution in [0.25, 0.3) is 10.9 Å². The van der Waals surface area contributed by atoms with Gasteiger partial charge < -0.3 is 16.2 Å². The maximum Gasteiger partial charge on any atom is 0.270 e. The lowest BCUT2D eigenvalue weighted by Gasteiger charge is -2.06. The van der Waals surface area contributed by atoms with Gasteiger partial charge in [-0.15, -0.1) is 0 Å². The van der Waals surface area contributed by atoms with Crippen LogP contribution in [0.5, 0.6) is 0 Å². The smallest absolute Gasteiger partial charge is 0.270 e. The number of nitrogens with two attached hydrogens (primary N) is 1. The first-order valence-electron chi connectivity index (χ1n) is 5.26. The summed E-state index contributed by atoms with van der Waals surface area (Å²) in [7, 11) is 0. The number of nitrogens with one attached hydrogen (secondary N) is 1. The molecule has 0 fully saturated rings. The fourth-order valence-electron chi connectivity index (χ4n) is 1.58. The van der Waals surface area contributed by atoms with Crippen LogP contribution in [0.15, 0.2) is 30.3 Å². The summed E-state index contributed by atoms with van der Waals surface area (Å²) < 4.78 is 0. The van der Waals surface area contributed by atoms with Crippen molar-refractivity contribution in [2.45, 2.75) is 0 Å². The van der Waals surface area contributed by atoms with Crippen LogP contribution in [-0.2, 0) is 0 Å². The molecular formula is C12H13N3O2. The number of aliphatic hydroxyl groups is 1. The maximum absolute atomic E-state index is 11.7. The molecular weight excluding hydrogens is 218 g/mol. The lowest BCUT2D eigenvalue weighted by atomic mass is 10.1. The summed E-state index contributed by atoms with van der Waals surface area (Å²) in [6, 6.07) is 8.90. The van der Waals surface area contributed by atoms with Gasteiger partial charge in [0.05, 0.1) is 12.1 Å². The third-order valence-electron chi connectivity index (χ3n) is 2.38. The van der Waals surface area contributed by atoms with Gasteiger partial charge in [-0.05, 0) is 12.1 Å². The molecule has 2 aromatic rings. The van der Waals surface area contributed by atoms with E-state index >= 15 is 0 Å². The van der Waals surface area contributed by atoms with E-state index in [0.717, 1.165) is 5.39 Å². The first kappa shape index (κ1) is 11.3. The second kappa shape index (κ2) is 4.80. The van der Waals surface area contributed by atoms with Gasteiger partial charge in [0.15, 0.2) is 0 Å². The van der Waals surface area contributed by atoms with Gasteiger partial charge in [0.1, 0.15) is 5.69 Å². The molecule has 0 spiro atoms. The summed E-state index contributed by atoms with van der Waals surface area (Å²) in [5.74, 6) is -0.337. The zero-order chi connectivity index (χ0) is 12.3. The largest absolute Gasteiger partial charge is 0.398 e. The molecule has 17 heavy (non-hydrogen) atoms. The summed E-state index contributed by atoms with van der Waals surface area (Å²) in [4.78, 5) is 15.9. The van der Waals surface area contributed by atoms with Gasteiger partial charge in [0, 0.05) is 17.6 Å². The number of pyridine rings is 1. The number of fused-ring (bicyclic) bond motifs is 1. The van der Waals surface area contributed by atoms with Crippen LogP contribution in [0.2, 0.25) is 0 Å². The van der Waals surface area contributed by atoms with Gasteiger partial charge in [0.2, 0.25) is 0 Å². The second-order valence-electron chi connectivity index (χ2n) is 3.59. The number of nitrogen functional groups attached to an aromatic ring is 1. The van der Waals surface area contributed by atoms with E-state index in [1.54, 1.807) is 6.07 Å². The van der Waals surface area contributed by atoms with Crippen molar-refractivity contribution in [2.75, 3.05) is 18.9 Å². The highest BCUT2D eigenvalue weighted by molar-refractivity contribution is 5.99. The number of aromatic nitrogens is 1. The summed E-state index contributed by atoms with van der Waals surface area (Å²) in [6.45, 7) is 0.0993. The van der Waals surface area contributed by atoms with Crippen molar-refractivity contribution in [3.05, 3.63) is 36.0 Å². The fourth-order valence-corrected chi connectivity index (χ4v) is 1.58. The molecule has 1 aromatic heterocycles. The third kappa shape index (κ3) is 2.34. The number of nitrogens with zero attached hydrogens (tertiary/aromatic N) is 1. The lowest BCUT2D eigenvalue weighted by molar-refractivity contribution is 0.0940. The number of carbonyl (C=O) groups is 1. The predicted molar refractivity (Wildman–Crippen MR) is 65.6 cm³/mol. The van der Waals surface area contributed by atoms with Gasteiger partial charge in [-0.2, -0.15) is 0 Å². The highest BCUT2D eigenvalue weighted by atomic mass is 16.3. The number of hydrogen-bond donors (Lipinski definition) is 3. The monoisotopic (exact) mass is 231 g/mol. The van der Waals surface area contributed by atoms with E-state index in [1.807, 2.05) is 18.2 Å². The Balaban J connectivity index is 2.39. The molecule has 0 radical (unpaired) electrons. The molecule has 0 aliphatic rings. The van der Waals surface area contributed by atoms with E-state index in [1.165, 1.54) is 6.07 Å². The van der Waals surface area contributed by atoms with Crippen molar-refractivity contribution in [2.24, 2.45) is 0 Å². The van der Waals surface area contributed by atoms with Crippen molar-refractivity contribution in [1.29, 1.82) is 0 Å². The molecule has 2 rings (SSSR count). The molecule has 0 unspecified atom stereocenters. The molecule has 0 saturated heterocycles. The lowest BCUT2D eigenvalue weighted by Crippen LogP contribution is -2.27. The molecule has 5 heteroatoms. The van der Waals surface area contributed by atoms with Gasteiger partial charge in [0.25, 0.3) is 5.91 Å². The summed E-state index contributed by atoms with van der Waals surface area (Å²) in [6.07, 6.45) is 0. The van der Waals surface area contributed by atoms with Crippen molar-refractivity contribution >= 4 is 22.5 Å². The minimum absolute atomic E-state index is 0.102. The molecule has 0 aliphatic carbocycles. The number of rotatable bonds is 3. The maximum atomic E-state index is 11.7. The van der Waals surface area contributed by atoms with Crippen LogP contribution < -0.4 is 11.1 Å². The number of anilines is 1. The van der Waals surface area contributed by atoms with Crippen LogP contribution in [-0.4, -0.2) is 29.1 Å². The molecule has 1 amide bonds. The Morgan fingerprint density at radius 3 is 2.94 bits per heavy atom. The van der Waals surface area contributed by atoms with Crippen LogP contribution in [0, 0.1) is 0 Å². The van der Waals surface area contributed by atoms with E-state index in [4.69, 9.17) is 10.8 Å². The van der Waals surface area contributed by atoms with Crippen molar-refractivity contribution in [1.82, 2.24) is 10.3 Å². The Kier molecular flexibility index (Phi) is 3.20. The fraction of sp³-hybridized carbons (Fsp3) is 0.167. The number of benzene rings is 1. The number of carbonyl (C=O) groups excluding carboxylic acids is 1. The van der Waals surface area contributed by atoms with E-state index in [0.29, 0.717) is 11.2 Å². The normalized spacial score (nSPS) is 10.4. The van der Waals surface area contributed by atoms with E-state index in [9.17, 15) is 4.79 Å². The van der Waals surface area contributed by atoms with Gasteiger partial charge in [-0.25, -0.2) is 4.98 Å². The highest BCUT2D eigenvalue weighted by Crippen LogP contribution is 2.19. The second-order valence-corrected chi connectivity index (χ2v) is 3.59. The number of aliphatic hydroxyl groups excluding tert-OH is 1. The molecule has 0 aliphatic heterocycles. The number of para-hydroxylation sites is 1. The first-order valence-corrected chi connectivity index (χ1v) is 5.26. The van der Waals surface area contributed by atoms with Crippen LogP contribution >= 0.6 is 0 Å². The van der Waals surface area contributed by atoms with Gasteiger partial charge >= 0.3 is 0 Å². The summed E-state index contributed by atoms with van der Waals surface area (Å²) in [5.41, 5.74) is 7.31. The van der Waals surface area contributed by atoms with E-state index in [2.05, 4.69) is 10.3 Å². The standard InChI is InChI=1S/C12H13N3O2/c13-9-7-11(12(17)14-5-6-16)15-10-4-2-1-3-8(9)10/h1-4,7,16H,5-6H2,(H2,13,15)(H,14,17). The topological polar surface area (TPSA) is 88.2 Å². The molecule has 4 N–H and O–H groups in total. The highest BCUT2D eigenvalue weighted by Gasteiger charge is 2.09. The third-order valence-corrected chi connectivity index (χ3v) is 2.38. The molecule has 0 atom stereocenters. The SMILES string of the molecule is Nc1cc(C(=O)NCCO)nc2ccccc12. The molecule has 1 aromatic carbocycles. The Morgan fingerprint density at radius 2 is 2.18 bits per heavy atom. The molecule has 1 heterocycles. The minimum atomic E-state index is -0.337. The zero-order valence-electron chi connectivity index (χ0n) is 9.18. The van der Waals surface area contributed by atoms with E-state index in [-0.39, 0.29) is 24.8 Å². The molecule has 5 nitrogen and oxygen atoms in total. The molecule has 88 valence electrons. The van der Waals surface area contributed by atoms with E-state index < -0.39 is 0 Å². The Morgan fingerprint density at radius 1 is 1.41 bits per heavy atom. The van der Waals surface area contributed by atoms with Crippen LogP contribution in [0.4, 0.5) is 5.69 Å². The van der Waals surface area contributed by atoms with Gasteiger partial charge in [-0.3, -0.25) is 4.79 Å². The quantitative estimate of drug-likeness (QED) is 0.719. The zero-order valence-corrected chi connectivity index (χ0v) is 9.18. The van der Waals surface area contributed by atoms with Crippen LogP contribution in [0.1, 0.15) is 10.5 Å². The Bertz CT molecular complexity index is 554. The molecule has 0 bridgehead atoms. The van der Waals surface area contributed by atoms with Crippen molar-refractivity contribution in [3.63, 3.8) is 0 Å². The average Bonchev–Trinajstić information content (AvgIpc) is 2.36. The predicted octanol–water partition coefficient (Wildman–Crippen LogP) is 0.539. The Labute approximate surface area is 98.3 Å². The number of amides is 1. The minimum Gasteiger partial charge on any atom is -0.398 e. The van der Waals surface area contributed by atoms with Crippen LogP contribution in [0.3, 0.4) is 0 Å². The number of hydrogen-bond acceptors (Lipinski definition) is 4. The summed E-state index contributed by atoms with van der Waals surface area (Å²) in [5, 5.41) is 12.0. The summed E-state index contributed by atoms with van der Waals surface area (Å²) >= 11 is 0. The van der Waals surface area contributed by atoms with Crippen molar-refractivity contribution < 1.29 is 9.90 Å². The molecule has 0 saturated carbocycles. The average molecular weight is 231 g/mol.